The third-order valence-corrected chi connectivity index (χ3v) is 4.16. The molecule has 0 atom stereocenters. The third-order valence-electron chi connectivity index (χ3n) is 4.16. The summed E-state index contributed by atoms with van der Waals surface area (Å²) in [5.74, 6) is 1.58. The zero-order chi connectivity index (χ0) is 15.6. The molecular weight excluding hydrogens is 278 g/mol. The summed E-state index contributed by atoms with van der Waals surface area (Å²) in [5, 5.41) is 0. The van der Waals surface area contributed by atoms with Gasteiger partial charge in [-0.2, -0.15) is 0 Å². The second-order valence-electron chi connectivity index (χ2n) is 5.81. The average Bonchev–Trinajstić information content (AvgIpc) is 3.07. The predicted molar refractivity (Wildman–Crippen MR) is 89.0 cm³/mol. The number of methoxy groups -OCH3 is 2. The van der Waals surface area contributed by atoms with E-state index in [1.165, 1.54) is 38.0 Å². The first-order valence-corrected chi connectivity index (χ1v) is 8.34. The normalized spacial score (nSPS) is 15.2. The third kappa shape index (κ3) is 5.50. The molecule has 4 nitrogen and oxygen atoms in total. The van der Waals surface area contributed by atoms with E-state index in [2.05, 4.69) is 11.0 Å². The number of rotatable bonds is 10. The van der Waals surface area contributed by atoms with Crippen LogP contribution < -0.4 is 9.47 Å². The lowest BCUT2D eigenvalue weighted by atomic mass is 10.1. The summed E-state index contributed by atoms with van der Waals surface area (Å²) in [6.07, 6.45) is 5.93. The van der Waals surface area contributed by atoms with Crippen molar-refractivity contribution in [1.82, 2.24) is 4.90 Å². The van der Waals surface area contributed by atoms with Crippen molar-refractivity contribution in [1.29, 1.82) is 0 Å². The van der Waals surface area contributed by atoms with Gasteiger partial charge in [-0.15, -0.1) is 0 Å². The molecule has 1 aromatic rings. The summed E-state index contributed by atoms with van der Waals surface area (Å²) in [6.45, 7) is 5.45. The van der Waals surface area contributed by atoms with Gasteiger partial charge in [0.2, 0.25) is 0 Å². The van der Waals surface area contributed by atoms with Crippen LogP contribution in [-0.4, -0.2) is 52.0 Å². The van der Waals surface area contributed by atoms with E-state index in [0.29, 0.717) is 0 Å². The van der Waals surface area contributed by atoms with E-state index >= 15 is 0 Å². The van der Waals surface area contributed by atoms with Crippen molar-refractivity contribution in [3.05, 3.63) is 23.8 Å². The monoisotopic (exact) mass is 307 g/mol. The van der Waals surface area contributed by atoms with Gasteiger partial charge in [0.15, 0.2) is 11.5 Å². The van der Waals surface area contributed by atoms with Crippen LogP contribution in [0, 0.1) is 0 Å². The van der Waals surface area contributed by atoms with Gasteiger partial charge in [0.25, 0.3) is 0 Å². The summed E-state index contributed by atoms with van der Waals surface area (Å²) in [6, 6.07) is 6.10. The fourth-order valence-electron chi connectivity index (χ4n) is 2.91. The maximum absolute atomic E-state index is 5.73. The zero-order valence-corrected chi connectivity index (χ0v) is 14.0. The molecule has 0 N–H and O–H groups in total. The number of hydrogen-bond acceptors (Lipinski definition) is 4. The Morgan fingerprint density at radius 3 is 2.41 bits per heavy atom. The Balaban J connectivity index is 1.56. The Morgan fingerprint density at radius 2 is 1.68 bits per heavy atom. The van der Waals surface area contributed by atoms with Crippen molar-refractivity contribution in [3.63, 3.8) is 0 Å². The Bertz CT molecular complexity index is 430. The van der Waals surface area contributed by atoms with Crippen LogP contribution in [0.15, 0.2) is 18.2 Å². The van der Waals surface area contributed by atoms with E-state index < -0.39 is 0 Å². The van der Waals surface area contributed by atoms with E-state index in [4.69, 9.17) is 14.2 Å². The standard InChI is InChI=1S/C18H29NO3/c1-20-17-9-8-16(15-18(17)21-2)7-5-13-22-14-6-12-19-10-3-4-11-19/h8-9,15H,3-7,10-14H2,1-2H3. The van der Waals surface area contributed by atoms with Crippen molar-refractivity contribution in [3.8, 4) is 11.5 Å². The molecule has 0 radical (unpaired) electrons. The highest BCUT2D eigenvalue weighted by atomic mass is 16.5. The van der Waals surface area contributed by atoms with Crippen LogP contribution in [0.1, 0.15) is 31.2 Å². The van der Waals surface area contributed by atoms with Gasteiger partial charge in [0, 0.05) is 19.8 Å². The van der Waals surface area contributed by atoms with Crippen molar-refractivity contribution in [2.45, 2.75) is 32.1 Å². The lowest BCUT2D eigenvalue weighted by Gasteiger charge is -2.14. The maximum Gasteiger partial charge on any atom is 0.160 e. The van der Waals surface area contributed by atoms with Crippen LogP contribution in [0.25, 0.3) is 0 Å². The molecule has 1 aliphatic rings. The highest BCUT2D eigenvalue weighted by Crippen LogP contribution is 2.27. The van der Waals surface area contributed by atoms with Crippen molar-refractivity contribution in [2.24, 2.45) is 0 Å². The molecule has 1 saturated heterocycles. The van der Waals surface area contributed by atoms with Crippen LogP contribution in [0.3, 0.4) is 0 Å². The van der Waals surface area contributed by atoms with E-state index in [9.17, 15) is 0 Å². The minimum Gasteiger partial charge on any atom is -0.493 e. The molecule has 2 rings (SSSR count). The Hall–Kier alpha value is -1.26. The fourth-order valence-corrected chi connectivity index (χ4v) is 2.91. The van der Waals surface area contributed by atoms with Gasteiger partial charge in [0.1, 0.15) is 0 Å². The summed E-state index contributed by atoms with van der Waals surface area (Å²) in [4.78, 5) is 2.53. The first kappa shape index (κ1) is 17.1. The summed E-state index contributed by atoms with van der Waals surface area (Å²) in [7, 11) is 3.33. The number of nitrogens with zero attached hydrogens (tertiary/aromatic N) is 1. The summed E-state index contributed by atoms with van der Waals surface area (Å²) >= 11 is 0. The largest absolute Gasteiger partial charge is 0.493 e. The fraction of sp³-hybridized carbons (Fsp3) is 0.667. The van der Waals surface area contributed by atoms with Crippen molar-refractivity contribution in [2.75, 3.05) is 47.1 Å². The molecule has 4 heteroatoms. The summed E-state index contributed by atoms with van der Waals surface area (Å²) in [5.41, 5.74) is 1.26. The first-order valence-electron chi connectivity index (χ1n) is 8.34. The van der Waals surface area contributed by atoms with Gasteiger partial charge < -0.3 is 19.1 Å². The molecule has 1 heterocycles. The van der Waals surface area contributed by atoms with Crippen molar-refractivity contribution >= 4 is 0 Å². The quantitative estimate of drug-likeness (QED) is 0.621. The minimum absolute atomic E-state index is 0.782. The molecule has 1 aliphatic heterocycles. The second kappa shape index (κ2) is 9.70. The van der Waals surface area contributed by atoms with Gasteiger partial charge in [-0.1, -0.05) is 6.07 Å². The van der Waals surface area contributed by atoms with Crippen LogP contribution in [0.2, 0.25) is 0 Å². The molecule has 0 bridgehead atoms. The van der Waals surface area contributed by atoms with Gasteiger partial charge in [0.05, 0.1) is 14.2 Å². The molecule has 1 aromatic carbocycles. The minimum atomic E-state index is 0.782. The number of hydrogen-bond donors (Lipinski definition) is 0. The molecule has 124 valence electrons. The molecule has 0 saturated carbocycles. The van der Waals surface area contributed by atoms with E-state index in [1.807, 2.05) is 12.1 Å². The average molecular weight is 307 g/mol. The second-order valence-corrected chi connectivity index (χ2v) is 5.81. The smallest absolute Gasteiger partial charge is 0.160 e. The van der Waals surface area contributed by atoms with Gasteiger partial charge in [-0.3, -0.25) is 0 Å². The Kier molecular flexibility index (Phi) is 7.54. The molecule has 0 spiro atoms. The van der Waals surface area contributed by atoms with Crippen molar-refractivity contribution < 1.29 is 14.2 Å². The lowest BCUT2D eigenvalue weighted by molar-refractivity contribution is 0.121. The van der Waals surface area contributed by atoms with Crippen LogP contribution in [0.5, 0.6) is 11.5 Å². The first-order chi connectivity index (χ1) is 10.8. The highest BCUT2D eigenvalue weighted by molar-refractivity contribution is 5.42. The lowest BCUT2D eigenvalue weighted by Crippen LogP contribution is -2.21. The zero-order valence-electron chi connectivity index (χ0n) is 14.0. The van der Waals surface area contributed by atoms with E-state index in [-0.39, 0.29) is 0 Å². The van der Waals surface area contributed by atoms with E-state index in [1.54, 1.807) is 14.2 Å². The number of aryl methyl sites for hydroxylation is 1. The Labute approximate surface area is 134 Å². The van der Waals surface area contributed by atoms with Gasteiger partial charge in [-0.05, 0) is 62.9 Å². The SMILES string of the molecule is COc1ccc(CCCOCCCN2CCCC2)cc1OC. The Morgan fingerprint density at radius 1 is 0.955 bits per heavy atom. The highest BCUT2D eigenvalue weighted by Gasteiger charge is 2.10. The molecule has 22 heavy (non-hydrogen) atoms. The summed E-state index contributed by atoms with van der Waals surface area (Å²) < 4.78 is 16.3. The molecule has 0 aromatic heterocycles. The predicted octanol–water partition coefficient (Wildman–Crippen LogP) is 3.14. The van der Waals surface area contributed by atoms with Crippen LogP contribution in [-0.2, 0) is 11.2 Å². The maximum atomic E-state index is 5.73. The number of likely N-dealkylation sites (tertiary alicyclic amines) is 1. The van der Waals surface area contributed by atoms with Crippen LogP contribution in [0.4, 0.5) is 0 Å². The van der Waals surface area contributed by atoms with Gasteiger partial charge >= 0.3 is 0 Å². The molecular formula is C18H29NO3. The van der Waals surface area contributed by atoms with E-state index in [0.717, 1.165) is 44.0 Å². The molecule has 0 aliphatic carbocycles. The molecule has 0 unspecified atom stereocenters. The number of ether oxygens (including phenoxy) is 3. The molecule has 0 amide bonds. The molecule has 1 fully saturated rings. The van der Waals surface area contributed by atoms with Crippen LogP contribution >= 0.6 is 0 Å². The topological polar surface area (TPSA) is 30.9 Å². The number of benzene rings is 1. The van der Waals surface area contributed by atoms with Gasteiger partial charge in [-0.25, -0.2) is 0 Å².